The summed E-state index contributed by atoms with van der Waals surface area (Å²) in [6.45, 7) is 4.95. The third-order valence-corrected chi connectivity index (χ3v) is 4.06. The Morgan fingerprint density at radius 3 is 2.65 bits per heavy atom. The van der Waals surface area contributed by atoms with E-state index in [2.05, 4.69) is 33.1 Å². The SMILES string of the molecule is CCCN(C(=O)Cc1ccc(Br)cc1)C1CCNC1.Cl. The number of carbonyl (C=O) groups is 1. The zero-order chi connectivity index (χ0) is 13.7. The molecule has 1 aromatic carbocycles. The summed E-state index contributed by atoms with van der Waals surface area (Å²) >= 11 is 3.42. The lowest BCUT2D eigenvalue weighted by Crippen LogP contribution is -2.42. The van der Waals surface area contributed by atoms with Gasteiger partial charge in [-0.3, -0.25) is 4.79 Å². The highest BCUT2D eigenvalue weighted by Crippen LogP contribution is 2.14. The van der Waals surface area contributed by atoms with Crippen LogP contribution in [0.3, 0.4) is 0 Å². The molecule has 1 unspecified atom stereocenters. The maximum absolute atomic E-state index is 12.5. The van der Waals surface area contributed by atoms with Crippen molar-refractivity contribution in [3.63, 3.8) is 0 Å². The minimum absolute atomic E-state index is 0. The van der Waals surface area contributed by atoms with E-state index in [1.807, 2.05) is 24.3 Å². The Morgan fingerprint density at radius 1 is 1.40 bits per heavy atom. The largest absolute Gasteiger partial charge is 0.338 e. The first kappa shape index (κ1) is 17.5. The number of amides is 1. The fourth-order valence-corrected chi connectivity index (χ4v) is 2.80. The Bertz CT molecular complexity index is 418. The van der Waals surface area contributed by atoms with E-state index in [0.717, 1.165) is 42.5 Å². The molecule has 1 aromatic rings. The average Bonchev–Trinajstić information content (AvgIpc) is 2.92. The van der Waals surface area contributed by atoms with Crippen molar-refractivity contribution < 1.29 is 4.79 Å². The van der Waals surface area contributed by atoms with Crippen LogP contribution in [0, 0.1) is 0 Å². The van der Waals surface area contributed by atoms with Crippen LogP contribution in [0.5, 0.6) is 0 Å². The molecule has 1 aliphatic rings. The van der Waals surface area contributed by atoms with Crippen molar-refractivity contribution in [2.75, 3.05) is 19.6 Å². The molecule has 1 heterocycles. The van der Waals surface area contributed by atoms with Crippen molar-refractivity contribution in [1.29, 1.82) is 0 Å². The topological polar surface area (TPSA) is 32.3 Å². The molecule has 1 fully saturated rings. The normalized spacial score (nSPS) is 17.6. The maximum atomic E-state index is 12.5. The van der Waals surface area contributed by atoms with Crippen LogP contribution in [0.25, 0.3) is 0 Å². The first-order valence-corrected chi connectivity index (χ1v) is 7.74. The summed E-state index contributed by atoms with van der Waals surface area (Å²) in [7, 11) is 0. The standard InChI is InChI=1S/C15H21BrN2O.ClH/c1-2-9-18(14-7-8-17-11-14)15(19)10-12-3-5-13(16)6-4-12;/h3-6,14,17H,2,7-11H2,1H3;1H. The summed E-state index contributed by atoms with van der Waals surface area (Å²) in [6, 6.07) is 8.38. The van der Waals surface area contributed by atoms with Crippen LogP contribution in [0.15, 0.2) is 28.7 Å². The smallest absolute Gasteiger partial charge is 0.227 e. The van der Waals surface area contributed by atoms with Gasteiger partial charge >= 0.3 is 0 Å². The molecule has 112 valence electrons. The average molecular weight is 362 g/mol. The molecular formula is C15H22BrClN2O. The van der Waals surface area contributed by atoms with Gasteiger partial charge in [0.2, 0.25) is 5.91 Å². The molecule has 20 heavy (non-hydrogen) atoms. The van der Waals surface area contributed by atoms with Crippen molar-refractivity contribution in [3.8, 4) is 0 Å². The monoisotopic (exact) mass is 360 g/mol. The number of hydrogen-bond donors (Lipinski definition) is 1. The molecule has 1 N–H and O–H groups in total. The van der Waals surface area contributed by atoms with Crippen LogP contribution in [0.4, 0.5) is 0 Å². The number of carbonyl (C=O) groups excluding carboxylic acids is 1. The van der Waals surface area contributed by atoms with E-state index in [0.29, 0.717) is 12.5 Å². The van der Waals surface area contributed by atoms with Gasteiger partial charge in [-0.1, -0.05) is 35.0 Å². The van der Waals surface area contributed by atoms with Crippen molar-refractivity contribution in [2.45, 2.75) is 32.2 Å². The fourth-order valence-electron chi connectivity index (χ4n) is 2.54. The Labute approximate surface area is 135 Å². The third-order valence-electron chi connectivity index (χ3n) is 3.53. The predicted octanol–water partition coefficient (Wildman–Crippen LogP) is 3.01. The summed E-state index contributed by atoms with van der Waals surface area (Å²) < 4.78 is 1.05. The van der Waals surface area contributed by atoms with Gasteiger partial charge in [0.25, 0.3) is 0 Å². The van der Waals surface area contributed by atoms with Gasteiger partial charge in [-0.15, -0.1) is 12.4 Å². The van der Waals surface area contributed by atoms with E-state index in [9.17, 15) is 4.79 Å². The van der Waals surface area contributed by atoms with E-state index in [1.165, 1.54) is 0 Å². The third kappa shape index (κ3) is 4.76. The van der Waals surface area contributed by atoms with Gasteiger partial charge in [-0.25, -0.2) is 0 Å². The van der Waals surface area contributed by atoms with Gasteiger partial charge in [-0.05, 0) is 37.1 Å². The lowest BCUT2D eigenvalue weighted by Gasteiger charge is -2.28. The number of hydrogen-bond acceptors (Lipinski definition) is 2. The second-order valence-electron chi connectivity index (χ2n) is 5.04. The minimum Gasteiger partial charge on any atom is -0.338 e. The van der Waals surface area contributed by atoms with Crippen LogP contribution in [-0.2, 0) is 11.2 Å². The van der Waals surface area contributed by atoms with Crippen molar-refractivity contribution in [1.82, 2.24) is 10.2 Å². The Kier molecular flexibility index (Phi) is 7.56. The van der Waals surface area contributed by atoms with Crippen LogP contribution < -0.4 is 5.32 Å². The Morgan fingerprint density at radius 2 is 2.10 bits per heavy atom. The molecule has 1 saturated heterocycles. The molecular weight excluding hydrogens is 340 g/mol. The van der Waals surface area contributed by atoms with Crippen LogP contribution in [0.1, 0.15) is 25.3 Å². The molecule has 3 nitrogen and oxygen atoms in total. The highest BCUT2D eigenvalue weighted by Gasteiger charge is 2.25. The van der Waals surface area contributed by atoms with Gasteiger partial charge in [0.1, 0.15) is 0 Å². The molecule has 0 bridgehead atoms. The maximum Gasteiger partial charge on any atom is 0.227 e. The molecule has 0 radical (unpaired) electrons. The zero-order valence-corrected chi connectivity index (χ0v) is 14.2. The number of nitrogens with one attached hydrogen (secondary N) is 1. The number of halogens is 2. The Hall–Kier alpha value is -0.580. The molecule has 1 amide bonds. The molecule has 0 aliphatic carbocycles. The van der Waals surface area contributed by atoms with Crippen molar-refractivity contribution >= 4 is 34.2 Å². The van der Waals surface area contributed by atoms with Gasteiger partial charge < -0.3 is 10.2 Å². The summed E-state index contributed by atoms with van der Waals surface area (Å²) in [5, 5.41) is 3.34. The first-order valence-electron chi connectivity index (χ1n) is 6.95. The van der Waals surface area contributed by atoms with Gasteiger partial charge in [-0.2, -0.15) is 0 Å². The van der Waals surface area contributed by atoms with E-state index in [4.69, 9.17) is 0 Å². The Balaban J connectivity index is 0.00000200. The summed E-state index contributed by atoms with van der Waals surface area (Å²) in [4.78, 5) is 14.5. The lowest BCUT2D eigenvalue weighted by molar-refractivity contribution is -0.132. The molecule has 0 saturated carbocycles. The summed E-state index contributed by atoms with van der Waals surface area (Å²) in [6.07, 6.45) is 2.60. The van der Waals surface area contributed by atoms with Crippen LogP contribution in [0.2, 0.25) is 0 Å². The lowest BCUT2D eigenvalue weighted by atomic mass is 10.1. The molecule has 5 heteroatoms. The quantitative estimate of drug-likeness (QED) is 0.874. The molecule has 1 atom stereocenters. The van der Waals surface area contributed by atoms with Crippen molar-refractivity contribution in [3.05, 3.63) is 34.3 Å². The summed E-state index contributed by atoms with van der Waals surface area (Å²) in [5.74, 6) is 0.248. The van der Waals surface area contributed by atoms with Gasteiger partial charge in [0, 0.05) is 23.6 Å². The van der Waals surface area contributed by atoms with Gasteiger partial charge in [0.15, 0.2) is 0 Å². The predicted molar refractivity (Wildman–Crippen MR) is 88.4 cm³/mol. The second-order valence-corrected chi connectivity index (χ2v) is 5.95. The van der Waals surface area contributed by atoms with E-state index < -0.39 is 0 Å². The van der Waals surface area contributed by atoms with Crippen LogP contribution in [-0.4, -0.2) is 36.5 Å². The van der Waals surface area contributed by atoms with Gasteiger partial charge in [0.05, 0.1) is 6.42 Å². The minimum atomic E-state index is 0. The zero-order valence-electron chi connectivity index (χ0n) is 11.8. The fraction of sp³-hybridized carbons (Fsp3) is 0.533. The molecule has 1 aliphatic heterocycles. The number of benzene rings is 1. The molecule has 0 spiro atoms. The summed E-state index contributed by atoms with van der Waals surface area (Å²) in [5.41, 5.74) is 1.08. The highest BCUT2D eigenvalue weighted by molar-refractivity contribution is 9.10. The van der Waals surface area contributed by atoms with E-state index in [1.54, 1.807) is 0 Å². The van der Waals surface area contributed by atoms with E-state index >= 15 is 0 Å². The van der Waals surface area contributed by atoms with E-state index in [-0.39, 0.29) is 18.3 Å². The second kappa shape index (κ2) is 8.65. The number of rotatable bonds is 5. The van der Waals surface area contributed by atoms with Crippen LogP contribution >= 0.6 is 28.3 Å². The molecule has 0 aromatic heterocycles. The van der Waals surface area contributed by atoms with Crippen molar-refractivity contribution in [2.24, 2.45) is 0 Å². The highest BCUT2D eigenvalue weighted by atomic mass is 79.9. The number of nitrogens with zero attached hydrogens (tertiary/aromatic N) is 1. The first-order chi connectivity index (χ1) is 9.20. The molecule has 2 rings (SSSR count).